The summed E-state index contributed by atoms with van der Waals surface area (Å²) in [5, 5.41) is 4.08. The second-order valence-corrected chi connectivity index (χ2v) is 5.83. The fourth-order valence-corrected chi connectivity index (χ4v) is 2.89. The van der Waals surface area contributed by atoms with Crippen LogP contribution in [0.2, 0.25) is 0 Å². The van der Waals surface area contributed by atoms with Crippen molar-refractivity contribution in [1.82, 2.24) is 20.0 Å². The van der Waals surface area contributed by atoms with Gasteiger partial charge in [-0.1, -0.05) is 41.6 Å². The van der Waals surface area contributed by atoms with Gasteiger partial charge in [-0.05, 0) is 12.1 Å². The van der Waals surface area contributed by atoms with Gasteiger partial charge in [0.1, 0.15) is 5.82 Å². The molecule has 1 fully saturated rings. The van der Waals surface area contributed by atoms with Crippen LogP contribution in [0.3, 0.4) is 0 Å². The Morgan fingerprint density at radius 1 is 0.917 bits per heavy atom. The van der Waals surface area contributed by atoms with E-state index in [1.807, 2.05) is 48.7 Å². The Hall–Kier alpha value is -2.73. The minimum absolute atomic E-state index is 0.651. The first kappa shape index (κ1) is 14.8. The predicted molar refractivity (Wildman–Crippen MR) is 91.5 cm³/mol. The highest BCUT2D eigenvalue weighted by molar-refractivity contribution is 5.53. The average Bonchev–Trinajstić information content (AvgIpc) is 3.12. The number of anilines is 1. The highest BCUT2D eigenvalue weighted by Crippen LogP contribution is 2.17. The molecule has 3 heterocycles. The van der Waals surface area contributed by atoms with Crippen molar-refractivity contribution >= 4 is 5.82 Å². The highest BCUT2D eigenvalue weighted by Gasteiger charge is 2.20. The Kier molecular flexibility index (Phi) is 4.20. The summed E-state index contributed by atoms with van der Waals surface area (Å²) in [6, 6.07) is 15.9. The molecule has 4 rings (SSSR count). The van der Waals surface area contributed by atoms with Crippen LogP contribution >= 0.6 is 0 Å². The lowest BCUT2D eigenvalue weighted by Crippen LogP contribution is -2.46. The maximum atomic E-state index is 5.40. The first-order valence-corrected chi connectivity index (χ1v) is 8.15. The lowest BCUT2D eigenvalue weighted by Gasteiger charge is -2.34. The van der Waals surface area contributed by atoms with Crippen LogP contribution in [0.1, 0.15) is 5.89 Å². The van der Waals surface area contributed by atoms with Gasteiger partial charge in [0, 0.05) is 37.9 Å². The molecule has 6 heteroatoms. The summed E-state index contributed by atoms with van der Waals surface area (Å²) in [5.74, 6) is 2.36. The topological polar surface area (TPSA) is 58.3 Å². The Morgan fingerprint density at radius 2 is 1.71 bits per heavy atom. The second-order valence-electron chi connectivity index (χ2n) is 5.83. The first-order valence-electron chi connectivity index (χ1n) is 8.15. The van der Waals surface area contributed by atoms with Gasteiger partial charge in [-0.15, -0.1) is 0 Å². The first-order chi connectivity index (χ1) is 11.9. The standard InChI is InChI=1S/C18H19N5O/c1-2-6-15(7-3-1)18-20-17(24-21-18)14-22-10-12-23(13-11-22)16-8-4-5-9-19-16/h1-9H,10-14H2. The molecule has 0 radical (unpaired) electrons. The van der Waals surface area contributed by atoms with Crippen molar-refractivity contribution in [3.63, 3.8) is 0 Å². The molecule has 1 aliphatic heterocycles. The molecule has 0 bridgehead atoms. The van der Waals surface area contributed by atoms with E-state index in [0.29, 0.717) is 18.3 Å². The molecule has 2 aromatic heterocycles. The smallest absolute Gasteiger partial charge is 0.241 e. The van der Waals surface area contributed by atoms with Crippen molar-refractivity contribution in [2.45, 2.75) is 6.54 Å². The number of rotatable bonds is 4. The molecule has 3 aromatic rings. The van der Waals surface area contributed by atoms with Gasteiger partial charge in [0.15, 0.2) is 0 Å². The van der Waals surface area contributed by atoms with Gasteiger partial charge in [0.05, 0.1) is 6.54 Å². The third kappa shape index (κ3) is 3.28. The molecule has 0 spiro atoms. The fourth-order valence-electron chi connectivity index (χ4n) is 2.89. The van der Waals surface area contributed by atoms with E-state index < -0.39 is 0 Å². The van der Waals surface area contributed by atoms with E-state index in [-0.39, 0.29) is 0 Å². The zero-order chi connectivity index (χ0) is 16.2. The summed E-state index contributed by atoms with van der Waals surface area (Å²) in [7, 11) is 0. The van der Waals surface area contributed by atoms with E-state index >= 15 is 0 Å². The number of piperazine rings is 1. The SMILES string of the molecule is c1ccc(-c2noc(CN3CCN(c4ccccn4)CC3)n2)cc1. The Labute approximate surface area is 140 Å². The van der Waals surface area contributed by atoms with E-state index in [9.17, 15) is 0 Å². The van der Waals surface area contributed by atoms with Crippen molar-refractivity contribution in [2.75, 3.05) is 31.1 Å². The highest BCUT2D eigenvalue weighted by atomic mass is 16.5. The van der Waals surface area contributed by atoms with Crippen LogP contribution < -0.4 is 4.90 Å². The van der Waals surface area contributed by atoms with Crippen LogP contribution in [0.5, 0.6) is 0 Å². The summed E-state index contributed by atoms with van der Waals surface area (Å²) in [6.07, 6.45) is 1.84. The summed E-state index contributed by atoms with van der Waals surface area (Å²) in [5.41, 5.74) is 0.979. The number of aromatic nitrogens is 3. The van der Waals surface area contributed by atoms with Crippen molar-refractivity contribution < 1.29 is 4.52 Å². The van der Waals surface area contributed by atoms with Gasteiger partial charge in [-0.2, -0.15) is 4.98 Å². The van der Waals surface area contributed by atoms with E-state index in [0.717, 1.165) is 37.6 Å². The summed E-state index contributed by atoms with van der Waals surface area (Å²) < 4.78 is 5.40. The van der Waals surface area contributed by atoms with Gasteiger partial charge in [-0.25, -0.2) is 4.98 Å². The normalized spacial score (nSPS) is 15.6. The summed E-state index contributed by atoms with van der Waals surface area (Å²) in [4.78, 5) is 13.6. The lowest BCUT2D eigenvalue weighted by molar-refractivity contribution is 0.215. The number of nitrogens with zero attached hydrogens (tertiary/aromatic N) is 5. The molecular formula is C18H19N5O. The number of hydrogen-bond acceptors (Lipinski definition) is 6. The van der Waals surface area contributed by atoms with Gasteiger partial charge < -0.3 is 9.42 Å². The van der Waals surface area contributed by atoms with Crippen LogP contribution in [-0.2, 0) is 6.54 Å². The molecule has 1 aromatic carbocycles. The van der Waals surface area contributed by atoms with Crippen LogP contribution in [0.4, 0.5) is 5.82 Å². The average molecular weight is 321 g/mol. The molecule has 0 N–H and O–H groups in total. The summed E-state index contributed by atoms with van der Waals surface area (Å²) in [6.45, 7) is 4.52. The van der Waals surface area contributed by atoms with Gasteiger partial charge in [0.25, 0.3) is 0 Å². The minimum Gasteiger partial charge on any atom is -0.354 e. The predicted octanol–water partition coefficient (Wildman–Crippen LogP) is 2.45. The van der Waals surface area contributed by atoms with Crippen LogP contribution in [0.15, 0.2) is 59.3 Å². The molecule has 122 valence electrons. The van der Waals surface area contributed by atoms with Crippen LogP contribution in [0.25, 0.3) is 11.4 Å². The van der Waals surface area contributed by atoms with E-state index in [2.05, 4.69) is 31.0 Å². The molecule has 0 aliphatic carbocycles. The third-order valence-corrected chi connectivity index (χ3v) is 4.20. The van der Waals surface area contributed by atoms with Crippen molar-refractivity contribution in [3.8, 4) is 11.4 Å². The van der Waals surface area contributed by atoms with Gasteiger partial charge >= 0.3 is 0 Å². The van der Waals surface area contributed by atoms with E-state index in [4.69, 9.17) is 4.52 Å². The molecule has 0 unspecified atom stereocenters. The number of hydrogen-bond donors (Lipinski definition) is 0. The zero-order valence-corrected chi connectivity index (χ0v) is 13.4. The Bertz CT molecular complexity index is 766. The van der Waals surface area contributed by atoms with Gasteiger partial charge in [0.2, 0.25) is 11.7 Å². The van der Waals surface area contributed by atoms with Crippen molar-refractivity contribution in [3.05, 3.63) is 60.6 Å². The number of benzene rings is 1. The quantitative estimate of drug-likeness (QED) is 0.736. The summed E-state index contributed by atoms with van der Waals surface area (Å²) >= 11 is 0. The maximum Gasteiger partial charge on any atom is 0.241 e. The molecule has 1 aliphatic rings. The molecule has 1 saturated heterocycles. The molecule has 6 nitrogen and oxygen atoms in total. The molecule has 0 amide bonds. The lowest BCUT2D eigenvalue weighted by atomic mass is 10.2. The second kappa shape index (κ2) is 6.80. The molecule has 24 heavy (non-hydrogen) atoms. The third-order valence-electron chi connectivity index (χ3n) is 4.20. The van der Waals surface area contributed by atoms with Crippen LogP contribution in [-0.4, -0.2) is 46.2 Å². The zero-order valence-electron chi connectivity index (χ0n) is 13.4. The molecule has 0 saturated carbocycles. The minimum atomic E-state index is 0.651. The number of pyridine rings is 1. The monoisotopic (exact) mass is 321 g/mol. The maximum absolute atomic E-state index is 5.40. The van der Waals surface area contributed by atoms with E-state index in [1.54, 1.807) is 0 Å². The van der Waals surface area contributed by atoms with E-state index in [1.165, 1.54) is 0 Å². The fraction of sp³-hybridized carbons (Fsp3) is 0.278. The van der Waals surface area contributed by atoms with Crippen molar-refractivity contribution in [1.29, 1.82) is 0 Å². The van der Waals surface area contributed by atoms with Crippen molar-refractivity contribution in [2.24, 2.45) is 0 Å². The van der Waals surface area contributed by atoms with Gasteiger partial charge in [-0.3, -0.25) is 4.90 Å². The largest absolute Gasteiger partial charge is 0.354 e. The Morgan fingerprint density at radius 3 is 2.46 bits per heavy atom. The molecular weight excluding hydrogens is 302 g/mol. The van der Waals surface area contributed by atoms with Crippen LogP contribution in [0, 0.1) is 0 Å². The Balaban J connectivity index is 1.35. The molecule has 0 atom stereocenters.